The Balaban J connectivity index is 1.86. The molecule has 0 spiro atoms. The number of hydrogen-bond acceptors (Lipinski definition) is 4. The van der Waals surface area contributed by atoms with Gasteiger partial charge in [-0.05, 0) is 31.0 Å². The van der Waals surface area contributed by atoms with Crippen molar-refractivity contribution in [3.05, 3.63) is 53.1 Å². The Morgan fingerprint density at radius 1 is 1.38 bits per heavy atom. The summed E-state index contributed by atoms with van der Waals surface area (Å²) in [7, 11) is 0. The molecule has 0 saturated heterocycles. The van der Waals surface area contributed by atoms with Crippen LogP contribution in [-0.4, -0.2) is 29.0 Å². The predicted octanol–water partition coefficient (Wildman–Crippen LogP) is 2.50. The first-order chi connectivity index (χ1) is 10.2. The summed E-state index contributed by atoms with van der Waals surface area (Å²) in [4.78, 5) is 19.6. The van der Waals surface area contributed by atoms with Crippen LogP contribution in [0.2, 0.25) is 5.02 Å². The lowest BCUT2D eigenvalue weighted by Crippen LogP contribution is -2.26. The van der Waals surface area contributed by atoms with Gasteiger partial charge in [0.05, 0.1) is 17.8 Å². The summed E-state index contributed by atoms with van der Waals surface area (Å²) in [6, 6.07) is 5.62. The maximum absolute atomic E-state index is 11.8. The molecule has 0 fully saturated rings. The minimum atomic E-state index is -0.236. The highest BCUT2D eigenvalue weighted by molar-refractivity contribution is 6.32. The molecule has 0 aliphatic rings. The molecule has 110 valence electrons. The highest BCUT2D eigenvalue weighted by atomic mass is 35.5. The molecule has 0 radical (unpaired) electrons. The molecule has 0 aliphatic heterocycles. The van der Waals surface area contributed by atoms with E-state index in [9.17, 15) is 4.79 Å². The lowest BCUT2D eigenvalue weighted by Gasteiger charge is -2.08. The van der Waals surface area contributed by atoms with E-state index in [4.69, 9.17) is 16.3 Å². The number of benzene rings is 1. The number of carbonyl (C=O) groups is 1. The molecule has 0 atom stereocenters. The fourth-order valence-corrected chi connectivity index (χ4v) is 2.06. The molecule has 1 aromatic carbocycles. The zero-order valence-corrected chi connectivity index (χ0v) is 12.4. The highest BCUT2D eigenvalue weighted by Crippen LogP contribution is 2.25. The smallest absolute Gasteiger partial charge is 0.271 e. The normalized spacial score (nSPS) is 10.2. The van der Waals surface area contributed by atoms with E-state index in [2.05, 4.69) is 15.3 Å². The maximum atomic E-state index is 11.8. The van der Waals surface area contributed by atoms with Gasteiger partial charge in [-0.3, -0.25) is 9.78 Å². The molecule has 1 heterocycles. The average molecular weight is 306 g/mol. The largest absolute Gasteiger partial charge is 0.492 e. The summed E-state index contributed by atoms with van der Waals surface area (Å²) in [5, 5.41) is 3.37. The molecule has 0 bridgehead atoms. The third kappa shape index (κ3) is 4.43. The van der Waals surface area contributed by atoms with Crippen LogP contribution in [-0.2, 0) is 6.42 Å². The third-order valence-corrected chi connectivity index (χ3v) is 3.09. The summed E-state index contributed by atoms with van der Waals surface area (Å²) in [5.74, 6) is 0.437. The van der Waals surface area contributed by atoms with Gasteiger partial charge in [-0.25, -0.2) is 4.98 Å². The number of ether oxygens (including phenoxy) is 1. The van der Waals surface area contributed by atoms with E-state index in [1.807, 2.05) is 25.1 Å². The topological polar surface area (TPSA) is 64.1 Å². The Morgan fingerprint density at radius 2 is 2.24 bits per heavy atom. The first-order valence-corrected chi connectivity index (χ1v) is 7.04. The summed E-state index contributed by atoms with van der Waals surface area (Å²) in [6.45, 7) is 2.99. The van der Waals surface area contributed by atoms with Gasteiger partial charge in [-0.1, -0.05) is 17.7 Å². The van der Waals surface area contributed by atoms with Crippen LogP contribution in [0.15, 0.2) is 36.8 Å². The zero-order valence-electron chi connectivity index (χ0n) is 11.7. The zero-order chi connectivity index (χ0) is 15.1. The first-order valence-electron chi connectivity index (χ1n) is 6.66. The number of nitrogens with zero attached hydrogens (tertiary/aromatic N) is 2. The van der Waals surface area contributed by atoms with Crippen molar-refractivity contribution >= 4 is 17.5 Å². The van der Waals surface area contributed by atoms with E-state index in [1.165, 1.54) is 18.6 Å². The number of amides is 1. The van der Waals surface area contributed by atoms with Crippen molar-refractivity contribution in [2.24, 2.45) is 0 Å². The van der Waals surface area contributed by atoms with Gasteiger partial charge in [-0.2, -0.15) is 0 Å². The number of halogens is 1. The monoisotopic (exact) mass is 305 g/mol. The molecular formula is C15H16ClN3O2. The van der Waals surface area contributed by atoms with Crippen LogP contribution in [0.4, 0.5) is 0 Å². The molecule has 0 unspecified atom stereocenters. The van der Waals surface area contributed by atoms with Gasteiger partial charge in [0.1, 0.15) is 11.4 Å². The van der Waals surface area contributed by atoms with Crippen LogP contribution < -0.4 is 10.1 Å². The van der Waals surface area contributed by atoms with Crippen molar-refractivity contribution in [3.8, 4) is 5.75 Å². The number of nitrogens with one attached hydrogen (secondary N) is 1. The van der Waals surface area contributed by atoms with Crippen LogP contribution in [0, 0.1) is 0 Å². The lowest BCUT2D eigenvalue weighted by atomic mass is 10.1. The van der Waals surface area contributed by atoms with E-state index < -0.39 is 0 Å². The minimum Gasteiger partial charge on any atom is -0.492 e. The number of hydrogen-bond donors (Lipinski definition) is 1. The maximum Gasteiger partial charge on any atom is 0.271 e. The Hall–Kier alpha value is -2.14. The average Bonchev–Trinajstić information content (AvgIpc) is 2.51. The Kier molecular flexibility index (Phi) is 5.51. The molecule has 21 heavy (non-hydrogen) atoms. The van der Waals surface area contributed by atoms with Crippen molar-refractivity contribution in [1.82, 2.24) is 15.3 Å². The summed E-state index contributed by atoms with van der Waals surface area (Å²) in [6.07, 6.45) is 5.13. The van der Waals surface area contributed by atoms with Crippen LogP contribution in [0.25, 0.3) is 0 Å². The molecule has 2 aromatic rings. The van der Waals surface area contributed by atoms with E-state index in [1.54, 1.807) is 0 Å². The number of aromatic nitrogens is 2. The van der Waals surface area contributed by atoms with Crippen molar-refractivity contribution in [2.45, 2.75) is 13.3 Å². The Bertz CT molecular complexity index is 605. The molecule has 1 aromatic heterocycles. The van der Waals surface area contributed by atoms with Crippen molar-refractivity contribution < 1.29 is 9.53 Å². The van der Waals surface area contributed by atoms with Gasteiger partial charge < -0.3 is 10.1 Å². The van der Waals surface area contributed by atoms with Crippen LogP contribution in [0.1, 0.15) is 23.0 Å². The van der Waals surface area contributed by atoms with E-state index >= 15 is 0 Å². The van der Waals surface area contributed by atoms with Crippen molar-refractivity contribution in [1.29, 1.82) is 0 Å². The Labute approximate surface area is 128 Å². The lowest BCUT2D eigenvalue weighted by molar-refractivity contribution is 0.0948. The summed E-state index contributed by atoms with van der Waals surface area (Å²) in [5.41, 5.74) is 1.34. The van der Waals surface area contributed by atoms with Crippen molar-refractivity contribution in [3.63, 3.8) is 0 Å². The van der Waals surface area contributed by atoms with Crippen LogP contribution >= 0.6 is 11.6 Å². The summed E-state index contributed by atoms with van der Waals surface area (Å²) >= 11 is 6.11. The minimum absolute atomic E-state index is 0.236. The molecule has 1 N–H and O–H groups in total. The molecule has 6 heteroatoms. The first kappa shape index (κ1) is 15.3. The fraction of sp³-hybridized carbons (Fsp3) is 0.267. The number of carbonyl (C=O) groups excluding carboxylic acids is 1. The van der Waals surface area contributed by atoms with Gasteiger partial charge >= 0.3 is 0 Å². The van der Waals surface area contributed by atoms with E-state index in [0.29, 0.717) is 36.0 Å². The molecule has 0 saturated carbocycles. The van der Waals surface area contributed by atoms with E-state index in [0.717, 1.165) is 5.56 Å². The van der Waals surface area contributed by atoms with E-state index in [-0.39, 0.29) is 5.91 Å². The SMILES string of the molecule is CCOc1ccc(CCNC(=O)c2cnccn2)cc1Cl. The second kappa shape index (κ2) is 7.59. The molecule has 1 amide bonds. The van der Waals surface area contributed by atoms with Gasteiger partial charge in [0, 0.05) is 18.9 Å². The summed E-state index contributed by atoms with van der Waals surface area (Å²) < 4.78 is 5.38. The van der Waals surface area contributed by atoms with Crippen LogP contribution in [0.5, 0.6) is 5.75 Å². The molecule has 2 rings (SSSR count). The standard InChI is InChI=1S/C15H16ClN3O2/c1-2-21-14-4-3-11(9-12(14)16)5-6-19-15(20)13-10-17-7-8-18-13/h3-4,7-10H,2,5-6H2,1H3,(H,19,20). The fourth-order valence-electron chi connectivity index (χ4n) is 1.80. The Morgan fingerprint density at radius 3 is 2.90 bits per heavy atom. The van der Waals surface area contributed by atoms with Gasteiger partial charge in [0.2, 0.25) is 0 Å². The molecular weight excluding hydrogens is 290 g/mol. The quantitative estimate of drug-likeness (QED) is 0.890. The van der Waals surface area contributed by atoms with Gasteiger partial charge in [0.25, 0.3) is 5.91 Å². The van der Waals surface area contributed by atoms with Gasteiger partial charge in [-0.15, -0.1) is 0 Å². The van der Waals surface area contributed by atoms with Gasteiger partial charge in [0.15, 0.2) is 0 Å². The highest BCUT2D eigenvalue weighted by Gasteiger charge is 2.07. The second-order valence-electron chi connectivity index (χ2n) is 4.29. The third-order valence-electron chi connectivity index (χ3n) is 2.79. The molecule has 0 aliphatic carbocycles. The second-order valence-corrected chi connectivity index (χ2v) is 4.70. The van der Waals surface area contributed by atoms with Crippen LogP contribution in [0.3, 0.4) is 0 Å². The molecule has 5 nitrogen and oxygen atoms in total. The predicted molar refractivity (Wildman–Crippen MR) is 80.7 cm³/mol. The number of rotatable bonds is 6. The van der Waals surface area contributed by atoms with Crippen molar-refractivity contribution in [2.75, 3.05) is 13.2 Å².